The Kier molecular flexibility index (Phi) is 6.11. The Hall–Kier alpha value is -5.06. The van der Waals surface area contributed by atoms with Crippen LogP contribution in [0.2, 0.25) is 0 Å². The van der Waals surface area contributed by atoms with Gasteiger partial charge in [0.2, 0.25) is 17.8 Å². The first-order chi connectivity index (χ1) is 18.2. The molecule has 192 valence electrons. The first-order valence-corrected chi connectivity index (χ1v) is 11.6. The van der Waals surface area contributed by atoms with E-state index in [4.69, 9.17) is 11.5 Å². The van der Waals surface area contributed by atoms with Crippen LogP contribution < -0.4 is 21.7 Å². The molecule has 9 nitrogen and oxygen atoms in total. The number of benzene rings is 3. The van der Waals surface area contributed by atoms with Crippen LogP contribution in [-0.2, 0) is 9.59 Å². The van der Waals surface area contributed by atoms with Crippen molar-refractivity contribution in [3.8, 4) is 17.0 Å². The molecule has 0 saturated heterocycles. The van der Waals surface area contributed by atoms with E-state index in [2.05, 4.69) is 15.3 Å². The number of carbonyl (C=O) groups is 2. The maximum atomic E-state index is 15.3. The number of hydrogen-bond acceptors (Lipinski definition) is 7. The van der Waals surface area contributed by atoms with E-state index < -0.39 is 28.9 Å². The standard InChI is InChI=1S/C27H22F2N6O3/c28-15-1-4-17(5-2-15)35(25(38)27(10-11-27)24(30)37)18-6-7-22(20(29)14-18)33-16-3-8-23(36)19(13-16)21-9-12-32-26(31)34-21/h1-9,12-14,33,36H,10-11H2,(H2,30,37)(H2,31,32,34). The molecule has 6 N–H and O–H groups in total. The van der Waals surface area contributed by atoms with E-state index in [0.29, 0.717) is 16.9 Å². The number of nitrogens with two attached hydrogens (primary N) is 2. The summed E-state index contributed by atoms with van der Waals surface area (Å²) >= 11 is 0. The number of carbonyl (C=O) groups excluding carboxylic acids is 2. The van der Waals surface area contributed by atoms with E-state index >= 15 is 4.39 Å². The summed E-state index contributed by atoms with van der Waals surface area (Å²) in [5, 5.41) is 13.2. The molecule has 5 rings (SSSR count). The van der Waals surface area contributed by atoms with Gasteiger partial charge in [0.15, 0.2) is 0 Å². The molecule has 0 spiro atoms. The summed E-state index contributed by atoms with van der Waals surface area (Å²) in [5.74, 6) is -2.60. The SMILES string of the molecule is NC(=O)C1(C(=O)N(c2ccc(F)cc2)c2ccc(Nc3ccc(O)c(-c4ccnc(N)n4)c3)c(F)c2)CC1. The summed E-state index contributed by atoms with van der Waals surface area (Å²) in [6, 6.07) is 15.2. The maximum absolute atomic E-state index is 15.3. The molecule has 0 bridgehead atoms. The molecule has 1 fully saturated rings. The van der Waals surface area contributed by atoms with E-state index in [1.807, 2.05) is 0 Å². The lowest BCUT2D eigenvalue weighted by atomic mass is 10.0. The van der Waals surface area contributed by atoms with E-state index in [9.17, 15) is 19.1 Å². The number of nitrogens with zero attached hydrogens (tertiary/aromatic N) is 3. The quantitative estimate of drug-likeness (QED) is 0.210. The zero-order chi connectivity index (χ0) is 27.0. The van der Waals surface area contributed by atoms with Crippen molar-refractivity contribution in [2.24, 2.45) is 11.1 Å². The number of rotatable bonds is 7. The van der Waals surface area contributed by atoms with Crippen LogP contribution in [-0.4, -0.2) is 26.9 Å². The van der Waals surface area contributed by atoms with Crippen molar-refractivity contribution in [2.45, 2.75) is 12.8 Å². The predicted molar refractivity (Wildman–Crippen MR) is 138 cm³/mol. The summed E-state index contributed by atoms with van der Waals surface area (Å²) in [5.41, 5.74) is 11.4. The number of primary amides is 1. The van der Waals surface area contributed by atoms with Gasteiger partial charge >= 0.3 is 0 Å². The number of phenolic OH excluding ortho intramolecular Hbond substituents is 1. The second-order valence-corrected chi connectivity index (χ2v) is 8.88. The van der Waals surface area contributed by atoms with Crippen LogP contribution in [0.25, 0.3) is 11.3 Å². The Morgan fingerprint density at radius 2 is 1.68 bits per heavy atom. The normalized spacial score (nSPS) is 13.5. The van der Waals surface area contributed by atoms with Crippen LogP contribution in [0.5, 0.6) is 5.75 Å². The van der Waals surface area contributed by atoms with Crippen LogP contribution in [0.1, 0.15) is 12.8 Å². The molecule has 4 aromatic rings. The van der Waals surface area contributed by atoms with E-state index in [1.165, 1.54) is 53.6 Å². The Bertz CT molecular complexity index is 1560. The average Bonchev–Trinajstić information content (AvgIpc) is 3.70. The average molecular weight is 517 g/mol. The van der Waals surface area contributed by atoms with Gasteiger partial charge in [-0.3, -0.25) is 14.5 Å². The molecule has 11 heteroatoms. The van der Waals surface area contributed by atoms with Gasteiger partial charge in [-0.05, 0) is 73.5 Å². The predicted octanol–water partition coefficient (Wildman–Crippen LogP) is 4.38. The van der Waals surface area contributed by atoms with Gasteiger partial charge in [0, 0.05) is 29.2 Å². The van der Waals surface area contributed by atoms with Crippen molar-refractivity contribution in [1.29, 1.82) is 0 Å². The van der Waals surface area contributed by atoms with Gasteiger partial charge in [0.25, 0.3) is 0 Å². The van der Waals surface area contributed by atoms with E-state index in [1.54, 1.807) is 18.2 Å². The summed E-state index contributed by atoms with van der Waals surface area (Å²) in [7, 11) is 0. The fraction of sp³-hybridized carbons (Fsp3) is 0.111. The molecule has 2 amide bonds. The third kappa shape index (κ3) is 4.57. The molecule has 1 aromatic heterocycles. The van der Waals surface area contributed by atoms with Crippen LogP contribution in [0.3, 0.4) is 0 Å². The minimum absolute atomic E-state index is 0.0338. The third-order valence-electron chi connectivity index (χ3n) is 6.36. The lowest BCUT2D eigenvalue weighted by Gasteiger charge is -2.27. The highest BCUT2D eigenvalue weighted by Crippen LogP contribution is 2.49. The molecule has 0 unspecified atom stereocenters. The molecule has 1 aliphatic carbocycles. The van der Waals surface area contributed by atoms with Gasteiger partial charge in [0.05, 0.1) is 17.1 Å². The largest absolute Gasteiger partial charge is 0.507 e. The van der Waals surface area contributed by atoms with Crippen molar-refractivity contribution in [3.63, 3.8) is 0 Å². The maximum Gasteiger partial charge on any atom is 0.247 e. The first kappa shape index (κ1) is 24.6. The Labute approximate surface area is 215 Å². The van der Waals surface area contributed by atoms with Gasteiger partial charge < -0.3 is 21.9 Å². The van der Waals surface area contributed by atoms with Crippen molar-refractivity contribution in [2.75, 3.05) is 16.0 Å². The number of nitrogen functional groups attached to an aromatic ring is 1. The smallest absolute Gasteiger partial charge is 0.247 e. The number of halogens is 2. The van der Waals surface area contributed by atoms with Gasteiger partial charge in [0.1, 0.15) is 22.8 Å². The monoisotopic (exact) mass is 516 g/mol. The summed E-state index contributed by atoms with van der Waals surface area (Å²) in [6.45, 7) is 0. The van der Waals surface area contributed by atoms with E-state index in [-0.39, 0.29) is 41.6 Å². The van der Waals surface area contributed by atoms with Crippen LogP contribution in [0.15, 0.2) is 72.9 Å². The Balaban J connectivity index is 1.48. The number of nitrogens with one attached hydrogen (secondary N) is 1. The highest BCUT2D eigenvalue weighted by atomic mass is 19.1. The van der Waals surface area contributed by atoms with Gasteiger partial charge in [-0.25, -0.2) is 18.7 Å². The van der Waals surface area contributed by atoms with Crippen molar-refractivity contribution >= 4 is 40.5 Å². The lowest BCUT2D eigenvalue weighted by molar-refractivity contribution is -0.133. The first-order valence-electron chi connectivity index (χ1n) is 11.6. The highest BCUT2D eigenvalue weighted by Gasteiger charge is 2.57. The highest BCUT2D eigenvalue weighted by molar-refractivity contribution is 6.16. The molecule has 0 atom stereocenters. The fourth-order valence-corrected chi connectivity index (χ4v) is 4.12. The minimum Gasteiger partial charge on any atom is -0.507 e. The van der Waals surface area contributed by atoms with Gasteiger partial charge in [-0.15, -0.1) is 0 Å². The van der Waals surface area contributed by atoms with Crippen molar-refractivity contribution < 1.29 is 23.5 Å². The summed E-state index contributed by atoms with van der Waals surface area (Å²) < 4.78 is 28.9. The molecule has 3 aromatic carbocycles. The molecule has 1 heterocycles. The lowest BCUT2D eigenvalue weighted by Crippen LogP contribution is -2.41. The fourth-order valence-electron chi connectivity index (χ4n) is 4.12. The second-order valence-electron chi connectivity index (χ2n) is 8.88. The number of hydrogen-bond donors (Lipinski definition) is 4. The zero-order valence-electron chi connectivity index (χ0n) is 19.9. The summed E-state index contributed by atoms with van der Waals surface area (Å²) in [6.07, 6.45) is 2.01. The topological polar surface area (TPSA) is 147 Å². The minimum atomic E-state index is -1.38. The second kappa shape index (κ2) is 9.43. The Morgan fingerprint density at radius 1 is 0.974 bits per heavy atom. The van der Waals surface area contributed by atoms with Crippen molar-refractivity contribution in [1.82, 2.24) is 9.97 Å². The molecule has 1 aliphatic rings. The molecule has 0 radical (unpaired) electrons. The summed E-state index contributed by atoms with van der Waals surface area (Å²) in [4.78, 5) is 34.6. The molecule has 1 saturated carbocycles. The van der Waals surface area contributed by atoms with Gasteiger partial charge in [-0.1, -0.05) is 0 Å². The Morgan fingerprint density at radius 3 is 2.32 bits per heavy atom. The van der Waals surface area contributed by atoms with Crippen molar-refractivity contribution in [3.05, 3.63) is 84.6 Å². The molecule has 38 heavy (non-hydrogen) atoms. The molecule has 0 aliphatic heterocycles. The van der Waals surface area contributed by atoms with E-state index in [0.717, 1.165) is 6.07 Å². The van der Waals surface area contributed by atoms with Gasteiger partial charge in [-0.2, -0.15) is 0 Å². The number of anilines is 5. The molecular formula is C27H22F2N6O3. The van der Waals surface area contributed by atoms with Crippen LogP contribution in [0, 0.1) is 17.0 Å². The number of phenols is 1. The van der Waals surface area contributed by atoms with Crippen LogP contribution >= 0.6 is 0 Å². The molecular weight excluding hydrogens is 494 g/mol. The van der Waals surface area contributed by atoms with Crippen LogP contribution in [0.4, 0.5) is 37.5 Å². The third-order valence-corrected chi connectivity index (χ3v) is 6.36. The number of amides is 2. The zero-order valence-corrected chi connectivity index (χ0v) is 19.9. The number of aromatic hydroxyl groups is 1. The number of aromatic nitrogens is 2.